The minimum atomic E-state index is -1.94. The smallest absolute Gasteiger partial charge is 0.286 e. The lowest BCUT2D eigenvalue weighted by molar-refractivity contribution is 0.0582. The number of H-pyrrole nitrogens is 1. The van der Waals surface area contributed by atoms with Crippen LogP contribution in [0.2, 0.25) is 18.1 Å². The molecule has 0 spiro atoms. The van der Waals surface area contributed by atoms with Gasteiger partial charge in [-0.2, -0.15) is 0 Å². The molecule has 0 radical (unpaired) electrons. The van der Waals surface area contributed by atoms with E-state index in [2.05, 4.69) is 56.0 Å². The van der Waals surface area contributed by atoms with E-state index in [1.165, 1.54) is 23.1 Å². The number of carbonyl (C=O) groups is 1. The van der Waals surface area contributed by atoms with Crippen molar-refractivity contribution in [3.05, 3.63) is 54.1 Å². The predicted molar refractivity (Wildman–Crippen MR) is 111 cm³/mol. The number of nitrogens with zero attached hydrogens (tertiary/aromatic N) is 2. The Morgan fingerprint density at radius 2 is 1.96 bits per heavy atom. The molecule has 2 aromatic rings. The molecular weight excluding hydrogens is 356 g/mol. The van der Waals surface area contributed by atoms with Crippen LogP contribution >= 0.6 is 0 Å². The average molecular weight is 389 g/mol. The largest absolute Gasteiger partial charge is 0.415 e. The van der Waals surface area contributed by atoms with Gasteiger partial charge in [0.1, 0.15) is 5.69 Å². The fourth-order valence-corrected chi connectivity index (χ4v) is 3.52. The number of aromatic nitrogens is 2. The second-order valence-corrected chi connectivity index (χ2v) is 13.2. The van der Waals surface area contributed by atoms with Crippen molar-refractivity contribution < 1.29 is 9.22 Å². The summed E-state index contributed by atoms with van der Waals surface area (Å²) >= 11 is 0. The van der Waals surface area contributed by atoms with Crippen molar-refractivity contribution in [1.29, 1.82) is 0 Å². The molecule has 148 valence electrons. The molecule has 3 N–H and O–H groups in total. The quantitative estimate of drug-likeness (QED) is 0.312. The van der Waals surface area contributed by atoms with Gasteiger partial charge < -0.3 is 9.41 Å². The average Bonchev–Trinajstić information content (AvgIpc) is 3.15. The van der Waals surface area contributed by atoms with E-state index in [1.54, 1.807) is 0 Å². The second kappa shape index (κ2) is 8.82. The molecule has 0 aliphatic carbocycles. The molecule has 1 atom stereocenters. The van der Waals surface area contributed by atoms with E-state index >= 15 is 0 Å². The zero-order valence-electron chi connectivity index (χ0n) is 17.0. The van der Waals surface area contributed by atoms with Gasteiger partial charge in [-0.3, -0.25) is 9.80 Å². The van der Waals surface area contributed by atoms with Crippen LogP contribution in [0.4, 0.5) is 0 Å². The van der Waals surface area contributed by atoms with Gasteiger partial charge in [0.25, 0.3) is 5.91 Å². The molecule has 0 saturated carbocycles. The number of amides is 1. The number of hydrazine groups is 1. The van der Waals surface area contributed by atoms with Gasteiger partial charge in [0.2, 0.25) is 0 Å². The summed E-state index contributed by atoms with van der Waals surface area (Å²) in [5, 5.41) is 1.40. The predicted octanol–water partition coefficient (Wildman–Crippen LogP) is 3.75. The van der Waals surface area contributed by atoms with Crippen LogP contribution in [0.15, 0.2) is 42.9 Å². The Kier molecular flexibility index (Phi) is 6.97. The van der Waals surface area contributed by atoms with E-state index < -0.39 is 8.32 Å². The summed E-state index contributed by atoms with van der Waals surface area (Å²) in [6.07, 6.45) is 4.53. The van der Waals surface area contributed by atoms with Gasteiger partial charge in [-0.1, -0.05) is 51.1 Å². The Morgan fingerprint density at radius 3 is 2.52 bits per heavy atom. The number of hydrogen-bond acceptors (Lipinski definition) is 4. The normalized spacial score (nSPS) is 13.4. The van der Waals surface area contributed by atoms with Crippen molar-refractivity contribution in [1.82, 2.24) is 15.0 Å². The van der Waals surface area contributed by atoms with E-state index in [4.69, 9.17) is 10.3 Å². The van der Waals surface area contributed by atoms with Crippen molar-refractivity contribution in [3.8, 4) is 0 Å². The van der Waals surface area contributed by atoms with E-state index in [-0.39, 0.29) is 17.0 Å². The highest BCUT2D eigenvalue weighted by Crippen LogP contribution is 2.36. The van der Waals surface area contributed by atoms with Crippen molar-refractivity contribution in [2.45, 2.75) is 57.8 Å². The number of carbonyl (C=O) groups excluding carboxylic acids is 1. The fourth-order valence-electron chi connectivity index (χ4n) is 2.48. The van der Waals surface area contributed by atoms with E-state index in [1.807, 2.05) is 18.2 Å². The second-order valence-electron chi connectivity index (χ2n) is 8.43. The number of rotatable bonds is 8. The fraction of sp³-hybridized carbons (Fsp3) is 0.500. The summed E-state index contributed by atoms with van der Waals surface area (Å²) in [6, 6.07) is 10.00. The minimum Gasteiger partial charge on any atom is -0.415 e. The molecule has 0 bridgehead atoms. The molecule has 0 saturated heterocycles. The number of nitrogens with one attached hydrogen (secondary N) is 1. The van der Waals surface area contributed by atoms with Crippen LogP contribution < -0.4 is 5.84 Å². The highest BCUT2D eigenvalue weighted by Gasteiger charge is 2.38. The SMILES string of the molecule is CC(C)(C)[Si](C)(C)OC[C@H](CCc1ccccc1)N(N)C(=O)c1cnc[nH]1. The minimum absolute atomic E-state index is 0.101. The molecular formula is C20H32N4O2Si. The molecule has 1 amide bonds. The first-order valence-corrected chi connectivity index (χ1v) is 12.3. The molecule has 0 aliphatic heterocycles. The Labute approximate surface area is 163 Å². The zero-order valence-corrected chi connectivity index (χ0v) is 18.0. The van der Waals surface area contributed by atoms with Gasteiger partial charge in [0.05, 0.1) is 25.2 Å². The molecule has 1 aromatic heterocycles. The lowest BCUT2D eigenvalue weighted by Gasteiger charge is -2.38. The van der Waals surface area contributed by atoms with E-state index in [9.17, 15) is 4.79 Å². The molecule has 7 heteroatoms. The molecule has 1 heterocycles. The highest BCUT2D eigenvalue weighted by atomic mass is 28.4. The van der Waals surface area contributed by atoms with Crippen LogP contribution in [0.5, 0.6) is 0 Å². The van der Waals surface area contributed by atoms with Gasteiger partial charge in [0.15, 0.2) is 8.32 Å². The van der Waals surface area contributed by atoms with Crippen molar-refractivity contribution in [3.63, 3.8) is 0 Å². The summed E-state index contributed by atoms with van der Waals surface area (Å²) in [5.74, 6) is 5.95. The zero-order chi connectivity index (χ0) is 20.1. The van der Waals surface area contributed by atoms with Crippen molar-refractivity contribution >= 4 is 14.2 Å². The summed E-state index contributed by atoms with van der Waals surface area (Å²) in [7, 11) is -1.94. The monoisotopic (exact) mass is 388 g/mol. The summed E-state index contributed by atoms with van der Waals surface area (Å²) in [5.41, 5.74) is 1.60. The molecule has 0 aliphatic rings. The van der Waals surface area contributed by atoms with Gasteiger partial charge in [-0.15, -0.1) is 0 Å². The van der Waals surface area contributed by atoms with E-state index in [0.29, 0.717) is 12.3 Å². The van der Waals surface area contributed by atoms with E-state index in [0.717, 1.165) is 12.8 Å². The molecule has 2 rings (SSSR count). The number of hydrogen-bond donors (Lipinski definition) is 2. The van der Waals surface area contributed by atoms with Crippen molar-refractivity contribution in [2.75, 3.05) is 6.61 Å². The lowest BCUT2D eigenvalue weighted by atomic mass is 10.1. The van der Waals surface area contributed by atoms with Gasteiger partial charge >= 0.3 is 0 Å². The molecule has 27 heavy (non-hydrogen) atoms. The van der Waals surface area contributed by atoms with Crippen molar-refractivity contribution in [2.24, 2.45) is 5.84 Å². The maximum absolute atomic E-state index is 12.7. The van der Waals surface area contributed by atoms with Crippen LogP contribution in [0, 0.1) is 0 Å². The molecule has 1 aromatic carbocycles. The van der Waals surface area contributed by atoms with Gasteiger partial charge in [-0.05, 0) is 36.5 Å². The van der Waals surface area contributed by atoms with Crippen LogP contribution in [-0.4, -0.2) is 41.9 Å². The Bertz CT molecular complexity index is 711. The third kappa shape index (κ3) is 5.75. The summed E-state index contributed by atoms with van der Waals surface area (Å²) in [6.45, 7) is 11.5. The highest BCUT2D eigenvalue weighted by molar-refractivity contribution is 6.74. The van der Waals surface area contributed by atoms with Crippen LogP contribution in [-0.2, 0) is 10.8 Å². The summed E-state index contributed by atoms with van der Waals surface area (Å²) < 4.78 is 6.37. The third-order valence-electron chi connectivity index (χ3n) is 5.41. The van der Waals surface area contributed by atoms with Crippen LogP contribution in [0.3, 0.4) is 0 Å². The Morgan fingerprint density at radius 1 is 1.30 bits per heavy atom. The molecule has 0 unspecified atom stereocenters. The maximum Gasteiger partial charge on any atom is 0.286 e. The number of aromatic amines is 1. The third-order valence-corrected chi connectivity index (χ3v) is 9.91. The topological polar surface area (TPSA) is 84.2 Å². The standard InChI is InChI=1S/C20H32N4O2Si/c1-20(2,3)27(4,5)26-14-17(12-11-16-9-7-6-8-10-16)24(21)19(25)18-13-22-15-23-18/h6-10,13,15,17H,11-12,14,21H2,1-5H3,(H,22,23)/t17-/m0/s1. The lowest BCUT2D eigenvalue weighted by Crippen LogP contribution is -2.51. The summed E-state index contributed by atoms with van der Waals surface area (Å²) in [4.78, 5) is 19.4. The first kappa shape index (κ1) is 21.3. The number of imidazole rings is 1. The Hall–Kier alpha value is -1.96. The molecule has 6 nitrogen and oxygen atoms in total. The number of aryl methyl sites for hydroxylation is 1. The number of benzene rings is 1. The molecule has 0 fully saturated rings. The Balaban J connectivity index is 2.11. The maximum atomic E-state index is 12.7. The van der Waals surface area contributed by atoms with Crippen LogP contribution in [0.25, 0.3) is 0 Å². The van der Waals surface area contributed by atoms with Gasteiger partial charge in [-0.25, -0.2) is 10.8 Å². The number of nitrogens with two attached hydrogens (primary N) is 1. The van der Waals surface area contributed by atoms with Crippen LogP contribution in [0.1, 0.15) is 43.2 Å². The van der Waals surface area contributed by atoms with Gasteiger partial charge in [0, 0.05) is 0 Å². The first-order chi connectivity index (χ1) is 12.6. The first-order valence-electron chi connectivity index (χ1n) is 9.36.